The Morgan fingerprint density at radius 1 is 1.24 bits per heavy atom. The number of aliphatic hydroxyl groups is 1. The maximum atomic E-state index is 12.6. The molecule has 2 N–H and O–H groups in total. The van der Waals surface area contributed by atoms with Gasteiger partial charge in [0.05, 0.1) is 31.0 Å². The molecule has 1 amide bonds. The van der Waals surface area contributed by atoms with Gasteiger partial charge in [0.1, 0.15) is 0 Å². The van der Waals surface area contributed by atoms with Crippen LogP contribution in [-0.4, -0.2) is 45.9 Å². The van der Waals surface area contributed by atoms with Gasteiger partial charge in [-0.2, -0.15) is 5.10 Å². The number of aromatic amines is 1. The van der Waals surface area contributed by atoms with Gasteiger partial charge in [-0.1, -0.05) is 24.3 Å². The Bertz CT molecular complexity index is 748. The summed E-state index contributed by atoms with van der Waals surface area (Å²) in [6.07, 6.45) is 2.45. The number of nitrogens with zero attached hydrogens (tertiary/aromatic N) is 2. The number of H-pyrrole nitrogens is 1. The molecule has 0 spiro atoms. The number of hydrogen-bond donors (Lipinski definition) is 2. The number of benzene rings is 1. The van der Waals surface area contributed by atoms with Crippen LogP contribution in [0.15, 0.2) is 24.3 Å². The zero-order chi connectivity index (χ0) is 17.2. The number of hydrogen-bond acceptors (Lipinski definition) is 4. The average Bonchev–Trinajstić information content (AvgIpc) is 3.05. The summed E-state index contributed by atoms with van der Waals surface area (Å²) in [6.45, 7) is 3.04. The van der Waals surface area contributed by atoms with Gasteiger partial charge in [0, 0.05) is 30.9 Å². The Morgan fingerprint density at radius 3 is 2.72 bits per heavy atom. The van der Waals surface area contributed by atoms with Crippen molar-refractivity contribution in [1.29, 1.82) is 0 Å². The van der Waals surface area contributed by atoms with Crippen molar-refractivity contribution in [3.05, 3.63) is 41.1 Å². The fraction of sp³-hybridized carbons (Fsp3) is 0.474. The van der Waals surface area contributed by atoms with Crippen LogP contribution in [0, 0.1) is 5.92 Å². The first-order chi connectivity index (χ1) is 12.2. The van der Waals surface area contributed by atoms with Gasteiger partial charge in [-0.3, -0.25) is 9.89 Å². The molecule has 1 saturated heterocycles. The van der Waals surface area contributed by atoms with E-state index in [2.05, 4.69) is 10.2 Å². The zero-order valence-electron chi connectivity index (χ0n) is 14.2. The molecule has 1 fully saturated rings. The molecule has 2 aromatic rings. The first-order valence-corrected chi connectivity index (χ1v) is 8.86. The molecule has 2 aliphatic rings. The summed E-state index contributed by atoms with van der Waals surface area (Å²) in [5, 5.41) is 16.7. The Morgan fingerprint density at radius 2 is 2.00 bits per heavy atom. The third-order valence-corrected chi connectivity index (χ3v) is 5.21. The lowest BCUT2D eigenvalue weighted by atomic mass is 9.96. The molecule has 0 atom stereocenters. The Kier molecular flexibility index (Phi) is 4.55. The summed E-state index contributed by atoms with van der Waals surface area (Å²) >= 11 is 0. The highest BCUT2D eigenvalue weighted by Crippen LogP contribution is 2.30. The number of ether oxygens (including phenoxy) is 1. The Hall–Kier alpha value is -2.18. The number of carbonyl (C=O) groups excluding carboxylic acids is 1. The first-order valence-electron chi connectivity index (χ1n) is 8.86. The van der Waals surface area contributed by atoms with E-state index in [0.29, 0.717) is 18.9 Å². The fourth-order valence-corrected chi connectivity index (χ4v) is 3.68. The van der Waals surface area contributed by atoms with E-state index in [-0.39, 0.29) is 12.5 Å². The van der Waals surface area contributed by atoms with Gasteiger partial charge in [0.2, 0.25) is 5.91 Å². The van der Waals surface area contributed by atoms with Gasteiger partial charge < -0.3 is 14.7 Å². The van der Waals surface area contributed by atoms with E-state index in [1.165, 1.54) is 0 Å². The van der Waals surface area contributed by atoms with Crippen molar-refractivity contribution in [3.63, 3.8) is 0 Å². The topological polar surface area (TPSA) is 78.4 Å². The smallest absolute Gasteiger partial charge is 0.227 e. The molecule has 132 valence electrons. The molecular weight excluding hydrogens is 318 g/mol. The van der Waals surface area contributed by atoms with Crippen LogP contribution in [0.5, 0.6) is 0 Å². The van der Waals surface area contributed by atoms with Gasteiger partial charge in [-0.25, -0.2) is 0 Å². The Balaban J connectivity index is 1.52. The van der Waals surface area contributed by atoms with Crippen molar-refractivity contribution in [2.75, 3.05) is 19.8 Å². The maximum absolute atomic E-state index is 12.6. The second-order valence-electron chi connectivity index (χ2n) is 6.89. The first kappa shape index (κ1) is 16.3. The predicted octanol–water partition coefficient (Wildman–Crippen LogP) is 1.88. The Labute approximate surface area is 146 Å². The standard InChI is InChI=1S/C19H23N3O3/c23-12-14-1-3-15(4-2-14)19-16-9-18(24)22(11-17(16)20-21-19)10-13-5-7-25-8-6-13/h1-4,13,23H,5-12H2,(H,20,21). The number of fused-ring (bicyclic) bond motifs is 1. The lowest BCUT2D eigenvalue weighted by Crippen LogP contribution is -2.40. The largest absolute Gasteiger partial charge is 0.392 e. The van der Waals surface area contributed by atoms with E-state index in [0.717, 1.165) is 60.7 Å². The number of aliphatic hydroxyl groups excluding tert-OH is 1. The second-order valence-corrected chi connectivity index (χ2v) is 6.89. The van der Waals surface area contributed by atoms with E-state index in [4.69, 9.17) is 9.84 Å². The van der Waals surface area contributed by atoms with Gasteiger partial charge in [0.25, 0.3) is 0 Å². The number of amides is 1. The number of rotatable bonds is 4. The van der Waals surface area contributed by atoms with E-state index >= 15 is 0 Å². The van der Waals surface area contributed by atoms with Crippen molar-refractivity contribution in [2.24, 2.45) is 5.92 Å². The summed E-state index contributed by atoms with van der Waals surface area (Å²) in [5.74, 6) is 0.710. The van der Waals surface area contributed by atoms with Gasteiger partial charge >= 0.3 is 0 Å². The van der Waals surface area contributed by atoms with E-state index in [1.807, 2.05) is 29.2 Å². The van der Waals surface area contributed by atoms with Crippen molar-refractivity contribution in [3.8, 4) is 11.3 Å². The zero-order valence-corrected chi connectivity index (χ0v) is 14.2. The van der Waals surface area contributed by atoms with Crippen molar-refractivity contribution in [2.45, 2.75) is 32.4 Å². The highest BCUT2D eigenvalue weighted by Gasteiger charge is 2.29. The molecule has 3 heterocycles. The maximum Gasteiger partial charge on any atom is 0.227 e. The summed E-state index contributed by atoms with van der Waals surface area (Å²) in [5.41, 5.74) is 4.73. The second kappa shape index (κ2) is 6.98. The predicted molar refractivity (Wildman–Crippen MR) is 92.6 cm³/mol. The summed E-state index contributed by atoms with van der Waals surface area (Å²) in [4.78, 5) is 14.6. The van der Waals surface area contributed by atoms with Crippen LogP contribution in [0.25, 0.3) is 11.3 Å². The van der Waals surface area contributed by atoms with Crippen LogP contribution in [0.4, 0.5) is 0 Å². The third kappa shape index (κ3) is 3.32. The normalized spacial score (nSPS) is 18.4. The SMILES string of the molecule is O=C1Cc2c(-c3ccc(CO)cc3)n[nH]c2CN1CC1CCOCC1. The molecule has 0 bridgehead atoms. The number of aromatic nitrogens is 2. The monoisotopic (exact) mass is 341 g/mol. The molecule has 25 heavy (non-hydrogen) atoms. The van der Waals surface area contributed by atoms with Crippen LogP contribution in [-0.2, 0) is 29.1 Å². The summed E-state index contributed by atoms with van der Waals surface area (Å²) in [7, 11) is 0. The van der Waals surface area contributed by atoms with E-state index < -0.39 is 0 Å². The lowest BCUT2D eigenvalue weighted by Gasteiger charge is -2.32. The minimum Gasteiger partial charge on any atom is -0.392 e. The molecule has 6 heteroatoms. The molecule has 0 unspecified atom stereocenters. The van der Waals surface area contributed by atoms with Crippen molar-refractivity contribution >= 4 is 5.91 Å². The quantitative estimate of drug-likeness (QED) is 0.890. The third-order valence-electron chi connectivity index (χ3n) is 5.21. The van der Waals surface area contributed by atoms with Crippen LogP contribution < -0.4 is 0 Å². The highest BCUT2D eigenvalue weighted by molar-refractivity contribution is 5.83. The highest BCUT2D eigenvalue weighted by atomic mass is 16.5. The average molecular weight is 341 g/mol. The van der Waals surface area contributed by atoms with Crippen molar-refractivity contribution < 1.29 is 14.6 Å². The molecule has 1 aromatic carbocycles. The van der Waals surface area contributed by atoms with Gasteiger partial charge in [-0.05, 0) is 24.3 Å². The summed E-state index contributed by atoms with van der Waals surface area (Å²) < 4.78 is 5.41. The van der Waals surface area contributed by atoms with Gasteiger partial charge in [-0.15, -0.1) is 0 Å². The number of nitrogens with one attached hydrogen (secondary N) is 1. The van der Waals surface area contributed by atoms with Gasteiger partial charge in [0.15, 0.2) is 0 Å². The minimum atomic E-state index is 0.0264. The van der Waals surface area contributed by atoms with Crippen LogP contribution >= 0.6 is 0 Å². The molecule has 0 saturated carbocycles. The van der Waals surface area contributed by atoms with Crippen molar-refractivity contribution in [1.82, 2.24) is 15.1 Å². The summed E-state index contributed by atoms with van der Waals surface area (Å²) in [6, 6.07) is 7.67. The van der Waals surface area contributed by atoms with Crippen LogP contribution in [0.3, 0.4) is 0 Å². The lowest BCUT2D eigenvalue weighted by molar-refractivity contribution is -0.133. The van der Waals surface area contributed by atoms with E-state index in [1.54, 1.807) is 0 Å². The molecule has 1 aromatic heterocycles. The van der Waals surface area contributed by atoms with Crippen LogP contribution in [0.1, 0.15) is 29.7 Å². The number of carbonyl (C=O) groups is 1. The molecule has 0 radical (unpaired) electrons. The van der Waals surface area contributed by atoms with Crippen LogP contribution in [0.2, 0.25) is 0 Å². The molecule has 4 rings (SSSR count). The molecular formula is C19H23N3O3. The van der Waals surface area contributed by atoms with E-state index in [9.17, 15) is 4.79 Å². The fourth-order valence-electron chi connectivity index (χ4n) is 3.68. The molecule has 6 nitrogen and oxygen atoms in total. The molecule has 2 aliphatic heterocycles. The minimum absolute atomic E-state index is 0.0264. The molecule has 0 aliphatic carbocycles.